The topological polar surface area (TPSA) is 42.3 Å². The monoisotopic (exact) mass is 396 g/mol. The van der Waals surface area contributed by atoms with Crippen LogP contribution >= 0.6 is 11.6 Å². The van der Waals surface area contributed by atoms with Gasteiger partial charge in [0.05, 0.1) is 12.8 Å². The van der Waals surface area contributed by atoms with E-state index in [-0.39, 0.29) is 0 Å². The van der Waals surface area contributed by atoms with E-state index in [2.05, 4.69) is 48.6 Å². The molecular formula is C22H25ClN4O. The Kier molecular flexibility index (Phi) is 5.18. The van der Waals surface area contributed by atoms with Crippen molar-refractivity contribution in [2.24, 2.45) is 0 Å². The summed E-state index contributed by atoms with van der Waals surface area (Å²) in [5.41, 5.74) is 5.37. The van der Waals surface area contributed by atoms with Crippen LogP contribution in [0.3, 0.4) is 0 Å². The van der Waals surface area contributed by atoms with Crippen molar-refractivity contribution in [3.63, 3.8) is 0 Å². The Morgan fingerprint density at radius 1 is 1.14 bits per heavy atom. The molecule has 0 amide bonds. The molecule has 0 atom stereocenters. The van der Waals surface area contributed by atoms with Gasteiger partial charge < -0.3 is 15.0 Å². The minimum absolute atomic E-state index is 0.657. The first-order chi connectivity index (χ1) is 13.6. The summed E-state index contributed by atoms with van der Waals surface area (Å²) in [7, 11) is 5.77. The molecule has 0 saturated carbocycles. The molecule has 0 spiro atoms. The fraction of sp³-hybridized carbons (Fsp3) is 0.318. The lowest BCUT2D eigenvalue weighted by Gasteiger charge is -2.13. The zero-order valence-corrected chi connectivity index (χ0v) is 17.3. The van der Waals surface area contributed by atoms with E-state index >= 15 is 0 Å². The maximum absolute atomic E-state index is 6.30. The number of nitrogens with one attached hydrogen (secondary N) is 1. The van der Waals surface area contributed by atoms with E-state index in [0.29, 0.717) is 5.02 Å². The number of anilines is 2. The van der Waals surface area contributed by atoms with Gasteiger partial charge in [0.2, 0.25) is 0 Å². The Bertz CT molecular complexity index is 996. The number of nitrogens with zero attached hydrogens (tertiary/aromatic N) is 3. The summed E-state index contributed by atoms with van der Waals surface area (Å²) < 4.78 is 7.54. The van der Waals surface area contributed by atoms with E-state index in [1.54, 1.807) is 7.11 Å². The van der Waals surface area contributed by atoms with Gasteiger partial charge in [-0.15, -0.1) is 0 Å². The van der Waals surface area contributed by atoms with E-state index < -0.39 is 0 Å². The second-order valence-electron chi connectivity index (χ2n) is 7.23. The first-order valence-corrected chi connectivity index (χ1v) is 9.93. The van der Waals surface area contributed by atoms with Gasteiger partial charge in [-0.1, -0.05) is 23.7 Å². The van der Waals surface area contributed by atoms with Gasteiger partial charge in [0.25, 0.3) is 0 Å². The van der Waals surface area contributed by atoms with Crippen LogP contribution < -0.4 is 15.0 Å². The van der Waals surface area contributed by atoms with Crippen molar-refractivity contribution < 1.29 is 4.74 Å². The van der Waals surface area contributed by atoms with Crippen molar-refractivity contribution in [2.75, 3.05) is 38.0 Å². The zero-order chi connectivity index (χ0) is 19.7. The standard InChI is InChI=1S/C22H25ClN4O/c1-26(2)17-8-6-7-15(13-17)21-18-9-4-5-12-24-22(18)27(25-21)19-14-16(23)10-11-20(19)28-3/h6-8,10-11,13-14,24H,4-5,9,12H2,1-3H3. The van der Waals surface area contributed by atoms with Crippen molar-refractivity contribution in [3.05, 3.63) is 53.1 Å². The van der Waals surface area contributed by atoms with Gasteiger partial charge in [0.1, 0.15) is 17.3 Å². The lowest BCUT2D eigenvalue weighted by atomic mass is 10.0. The number of ether oxygens (including phenoxy) is 1. The molecule has 3 aromatic rings. The van der Waals surface area contributed by atoms with Gasteiger partial charge >= 0.3 is 0 Å². The SMILES string of the molecule is COc1ccc(Cl)cc1-n1nc(-c2cccc(N(C)C)c2)c2c1NCCCC2. The predicted molar refractivity (Wildman–Crippen MR) is 116 cm³/mol. The lowest BCUT2D eigenvalue weighted by Crippen LogP contribution is -2.08. The molecule has 28 heavy (non-hydrogen) atoms. The van der Waals surface area contributed by atoms with Crippen LogP contribution in [0.25, 0.3) is 16.9 Å². The molecule has 5 nitrogen and oxygen atoms in total. The smallest absolute Gasteiger partial charge is 0.144 e. The van der Waals surface area contributed by atoms with Gasteiger partial charge in [-0.3, -0.25) is 0 Å². The summed E-state index contributed by atoms with van der Waals surface area (Å²) >= 11 is 6.30. The van der Waals surface area contributed by atoms with Crippen molar-refractivity contribution in [1.82, 2.24) is 9.78 Å². The van der Waals surface area contributed by atoms with Gasteiger partial charge in [-0.25, -0.2) is 4.68 Å². The second-order valence-corrected chi connectivity index (χ2v) is 7.67. The third-order valence-electron chi connectivity index (χ3n) is 5.13. The summed E-state index contributed by atoms with van der Waals surface area (Å²) in [5, 5.41) is 9.26. The number of aromatic nitrogens is 2. The number of halogens is 1. The molecule has 1 aliphatic rings. The molecule has 1 aliphatic heterocycles. The van der Waals surface area contributed by atoms with Crippen molar-refractivity contribution >= 4 is 23.1 Å². The molecule has 0 fully saturated rings. The van der Waals surface area contributed by atoms with E-state index in [0.717, 1.165) is 60.0 Å². The maximum Gasteiger partial charge on any atom is 0.144 e. The molecule has 1 N–H and O–H groups in total. The van der Waals surface area contributed by atoms with Crippen molar-refractivity contribution in [1.29, 1.82) is 0 Å². The molecule has 2 aromatic carbocycles. The van der Waals surface area contributed by atoms with Crippen LogP contribution in [0, 0.1) is 0 Å². The van der Waals surface area contributed by atoms with Crippen molar-refractivity contribution in [2.45, 2.75) is 19.3 Å². The Morgan fingerprint density at radius 2 is 2.00 bits per heavy atom. The fourth-order valence-corrected chi connectivity index (χ4v) is 3.83. The molecule has 4 rings (SSSR count). The Labute approximate surface area is 170 Å². The zero-order valence-electron chi connectivity index (χ0n) is 16.5. The first-order valence-electron chi connectivity index (χ1n) is 9.56. The highest BCUT2D eigenvalue weighted by Gasteiger charge is 2.23. The third kappa shape index (κ3) is 3.42. The highest BCUT2D eigenvalue weighted by Crippen LogP contribution is 2.37. The van der Waals surface area contributed by atoms with Gasteiger partial charge in [-0.2, -0.15) is 5.10 Å². The summed E-state index contributed by atoms with van der Waals surface area (Å²) in [4.78, 5) is 2.11. The number of rotatable bonds is 4. The number of hydrogen-bond donors (Lipinski definition) is 1. The average molecular weight is 397 g/mol. The number of hydrogen-bond acceptors (Lipinski definition) is 4. The fourth-order valence-electron chi connectivity index (χ4n) is 3.67. The molecule has 2 heterocycles. The summed E-state index contributed by atoms with van der Waals surface area (Å²) in [6.45, 7) is 0.929. The van der Waals surface area contributed by atoms with Gasteiger partial charge in [0.15, 0.2) is 0 Å². The van der Waals surface area contributed by atoms with Crippen molar-refractivity contribution in [3.8, 4) is 22.7 Å². The minimum Gasteiger partial charge on any atom is -0.494 e. The maximum atomic E-state index is 6.30. The number of benzene rings is 2. The molecule has 0 bridgehead atoms. The minimum atomic E-state index is 0.657. The van der Waals surface area contributed by atoms with Crippen LogP contribution in [0.2, 0.25) is 5.02 Å². The largest absolute Gasteiger partial charge is 0.494 e. The molecule has 0 saturated heterocycles. The van der Waals surface area contributed by atoms with E-state index in [9.17, 15) is 0 Å². The van der Waals surface area contributed by atoms with E-state index in [4.69, 9.17) is 21.4 Å². The van der Waals surface area contributed by atoms with E-state index in [1.165, 1.54) is 5.56 Å². The highest BCUT2D eigenvalue weighted by molar-refractivity contribution is 6.30. The molecule has 0 radical (unpaired) electrons. The molecule has 0 aliphatic carbocycles. The second kappa shape index (κ2) is 7.76. The average Bonchev–Trinajstić information content (AvgIpc) is 2.88. The summed E-state index contributed by atoms with van der Waals surface area (Å²) in [6, 6.07) is 14.1. The summed E-state index contributed by atoms with van der Waals surface area (Å²) in [6.07, 6.45) is 3.27. The van der Waals surface area contributed by atoms with Crippen LogP contribution in [0.15, 0.2) is 42.5 Å². The molecule has 6 heteroatoms. The van der Waals surface area contributed by atoms with Gasteiger partial charge in [-0.05, 0) is 49.6 Å². The van der Waals surface area contributed by atoms with Crippen LogP contribution in [0.1, 0.15) is 18.4 Å². The highest BCUT2D eigenvalue weighted by atomic mass is 35.5. The normalized spacial score (nSPS) is 13.4. The first kappa shape index (κ1) is 18.7. The predicted octanol–water partition coefficient (Wildman–Crippen LogP) is 5.02. The third-order valence-corrected chi connectivity index (χ3v) is 5.37. The van der Waals surface area contributed by atoms with E-state index in [1.807, 2.05) is 22.9 Å². The van der Waals surface area contributed by atoms with Crippen LogP contribution in [-0.2, 0) is 6.42 Å². The Balaban J connectivity index is 1.93. The molecular weight excluding hydrogens is 372 g/mol. The quantitative estimate of drug-likeness (QED) is 0.672. The lowest BCUT2D eigenvalue weighted by molar-refractivity contribution is 0.412. The summed E-state index contributed by atoms with van der Waals surface area (Å²) in [5.74, 6) is 1.78. The Morgan fingerprint density at radius 3 is 2.79 bits per heavy atom. The van der Waals surface area contributed by atoms with Gasteiger partial charge in [0, 0.05) is 42.5 Å². The number of methoxy groups -OCH3 is 1. The van der Waals surface area contributed by atoms with Crippen LogP contribution in [-0.4, -0.2) is 37.5 Å². The Hall–Kier alpha value is -2.66. The molecule has 146 valence electrons. The molecule has 1 aromatic heterocycles. The van der Waals surface area contributed by atoms with Crippen LogP contribution in [0.4, 0.5) is 11.5 Å². The molecule has 0 unspecified atom stereocenters. The number of fused-ring (bicyclic) bond motifs is 1. The van der Waals surface area contributed by atoms with Crippen LogP contribution in [0.5, 0.6) is 5.75 Å².